The van der Waals surface area contributed by atoms with Crippen molar-refractivity contribution in [2.75, 3.05) is 6.61 Å². The Morgan fingerprint density at radius 2 is 1.76 bits per heavy atom. The topological polar surface area (TPSA) is 92.4 Å². The molecule has 2 N–H and O–H groups in total. The molecule has 1 heterocycles. The first kappa shape index (κ1) is 15.2. The van der Waals surface area contributed by atoms with Gasteiger partial charge < -0.3 is 10.2 Å². The number of aromatic carboxylic acids is 1. The normalized spacial score (nSPS) is 10.9. The van der Waals surface area contributed by atoms with Crippen molar-refractivity contribution in [3.05, 3.63) is 40.3 Å². The SMILES string of the molecule is O=C(O)c1nn(CCCCCCO)c(=O)c2ccccc12. The summed E-state index contributed by atoms with van der Waals surface area (Å²) in [6.07, 6.45) is 3.21. The number of carboxylic acid groups (broad SMARTS) is 1. The minimum Gasteiger partial charge on any atom is -0.476 e. The fraction of sp³-hybridized carbons (Fsp3) is 0.400. The molecule has 0 amide bonds. The molecule has 0 unspecified atom stereocenters. The van der Waals surface area contributed by atoms with Crippen LogP contribution in [0.1, 0.15) is 36.2 Å². The number of hydrogen-bond acceptors (Lipinski definition) is 4. The average molecular weight is 290 g/mol. The number of benzene rings is 1. The quantitative estimate of drug-likeness (QED) is 0.756. The number of aliphatic hydroxyl groups is 1. The highest BCUT2D eigenvalue weighted by molar-refractivity contribution is 6.01. The lowest BCUT2D eigenvalue weighted by Gasteiger charge is -2.08. The van der Waals surface area contributed by atoms with E-state index < -0.39 is 5.97 Å². The Kier molecular flexibility index (Phi) is 5.05. The highest BCUT2D eigenvalue weighted by atomic mass is 16.4. The van der Waals surface area contributed by atoms with Gasteiger partial charge in [0.15, 0.2) is 5.69 Å². The molecule has 21 heavy (non-hydrogen) atoms. The van der Waals surface area contributed by atoms with Gasteiger partial charge in [0.25, 0.3) is 5.56 Å². The minimum absolute atomic E-state index is 0.0967. The van der Waals surface area contributed by atoms with Crippen LogP contribution in [0.5, 0.6) is 0 Å². The molecule has 0 saturated carbocycles. The smallest absolute Gasteiger partial charge is 0.357 e. The molecule has 2 aromatic rings. The predicted octanol–water partition coefficient (Wildman–Crippen LogP) is 1.65. The molecule has 0 spiro atoms. The van der Waals surface area contributed by atoms with E-state index in [4.69, 9.17) is 5.11 Å². The van der Waals surface area contributed by atoms with Crippen molar-refractivity contribution in [1.82, 2.24) is 9.78 Å². The van der Waals surface area contributed by atoms with Crippen LogP contribution in [0.25, 0.3) is 10.8 Å². The van der Waals surface area contributed by atoms with E-state index in [0.29, 0.717) is 17.3 Å². The third-order valence-corrected chi connectivity index (χ3v) is 3.35. The van der Waals surface area contributed by atoms with Gasteiger partial charge in [0.2, 0.25) is 0 Å². The van der Waals surface area contributed by atoms with Crippen LogP contribution in [0, 0.1) is 0 Å². The molecule has 0 bridgehead atoms. The lowest BCUT2D eigenvalue weighted by atomic mass is 10.1. The van der Waals surface area contributed by atoms with Crippen LogP contribution in [0.3, 0.4) is 0 Å². The van der Waals surface area contributed by atoms with Crippen molar-refractivity contribution in [3.8, 4) is 0 Å². The third-order valence-electron chi connectivity index (χ3n) is 3.35. The number of nitrogens with zero attached hydrogens (tertiary/aromatic N) is 2. The second kappa shape index (κ2) is 6.99. The number of carboxylic acids is 1. The maximum atomic E-state index is 12.3. The lowest BCUT2D eigenvalue weighted by Crippen LogP contribution is -2.26. The molecular formula is C15H18N2O4. The van der Waals surface area contributed by atoms with Crippen molar-refractivity contribution in [2.24, 2.45) is 0 Å². The van der Waals surface area contributed by atoms with Gasteiger partial charge in [0, 0.05) is 18.5 Å². The van der Waals surface area contributed by atoms with E-state index in [1.807, 2.05) is 0 Å². The lowest BCUT2D eigenvalue weighted by molar-refractivity contribution is 0.0690. The van der Waals surface area contributed by atoms with Crippen LogP contribution in [0.15, 0.2) is 29.1 Å². The number of aromatic nitrogens is 2. The molecule has 112 valence electrons. The molecule has 0 atom stereocenters. The molecule has 0 fully saturated rings. The van der Waals surface area contributed by atoms with Gasteiger partial charge in [-0.3, -0.25) is 4.79 Å². The van der Waals surface area contributed by atoms with Crippen LogP contribution >= 0.6 is 0 Å². The van der Waals surface area contributed by atoms with Crippen molar-refractivity contribution in [3.63, 3.8) is 0 Å². The van der Waals surface area contributed by atoms with Gasteiger partial charge >= 0.3 is 5.97 Å². The zero-order chi connectivity index (χ0) is 15.2. The summed E-state index contributed by atoms with van der Waals surface area (Å²) in [5, 5.41) is 22.7. The van der Waals surface area contributed by atoms with Gasteiger partial charge in [-0.05, 0) is 18.9 Å². The molecule has 0 aliphatic rings. The van der Waals surface area contributed by atoms with E-state index in [2.05, 4.69) is 5.10 Å². The summed E-state index contributed by atoms with van der Waals surface area (Å²) in [5.74, 6) is -1.14. The Morgan fingerprint density at radius 1 is 1.10 bits per heavy atom. The van der Waals surface area contributed by atoms with Gasteiger partial charge in [0.1, 0.15) is 0 Å². The fourth-order valence-corrected chi connectivity index (χ4v) is 2.27. The second-order valence-electron chi connectivity index (χ2n) is 4.87. The van der Waals surface area contributed by atoms with Crippen molar-refractivity contribution in [1.29, 1.82) is 0 Å². The van der Waals surface area contributed by atoms with Crippen LogP contribution in [0.4, 0.5) is 0 Å². The number of hydrogen-bond donors (Lipinski definition) is 2. The summed E-state index contributed by atoms with van der Waals surface area (Å²) in [6.45, 7) is 0.548. The zero-order valence-electron chi connectivity index (χ0n) is 11.7. The van der Waals surface area contributed by atoms with Gasteiger partial charge in [-0.2, -0.15) is 5.10 Å². The summed E-state index contributed by atoms with van der Waals surface area (Å²) in [4.78, 5) is 23.6. The van der Waals surface area contributed by atoms with Crippen molar-refractivity contribution < 1.29 is 15.0 Å². The number of carbonyl (C=O) groups is 1. The van der Waals surface area contributed by atoms with Crippen molar-refractivity contribution in [2.45, 2.75) is 32.2 Å². The Balaban J connectivity index is 2.29. The maximum Gasteiger partial charge on any atom is 0.357 e. The standard InChI is InChI=1S/C15H18N2O4/c18-10-6-2-1-5-9-17-14(19)12-8-4-3-7-11(12)13(16-17)15(20)21/h3-4,7-8,18H,1-2,5-6,9-10H2,(H,20,21). The Bertz CT molecular complexity index is 694. The number of aliphatic hydroxyl groups excluding tert-OH is 1. The van der Waals surface area contributed by atoms with Gasteiger partial charge in [-0.15, -0.1) is 0 Å². The maximum absolute atomic E-state index is 12.3. The second-order valence-corrected chi connectivity index (χ2v) is 4.87. The molecular weight excluding hydrogens is 272 g/mol. The molecule has 0 aliphatic heterocycles. The fourth-order valence-electron chi connectivity index (χ4n) is 2.27. The Labute approximate surface area is 121 Å². The van der Waals surface area contributed by atoms with Crippen molar-refractivity contribution >= 4 is 16.7 Å². The molecule has 2 rings (SSSR count). The monoisotopic (exact) mass is 290 g/mol. The van der Waals surface area contributed by atoms with E-state index in [9.17, 15) is 14.7 Å². The van der Waals surface area contributed by atoms with E-state index in [-0.39, 0.29) is 17.9 Å². The van der Waals surface area contributed by atoms with Gasteiger partial charge in [0.05, 0.1) is 5.39 Å². The molecule has 6 heteroatoms. The van der Waals surface area contributed by atoms with Crippen LogP contribution in [-0.4, -0.2) is 32.6 Å². The van der Waals surface area contributed by atoms with E-state index >= 15 is 0 Å². The largest absolute Gasteiger partial charge is 0.476 e. The molecule has 0 radical (unpaired) electrons. The first-order valence-corrected chi connectivity index (χ1v) is 6.99. The number of fused-ring (bicyclic) bond motifs is 1. The third kappa shape index (κ3) is 3.46. The Morgan fingerprint density at radius 3 is 2.43 bits per heavy atom. The van der Waals surface area contributed by atoms with E-state index in [1.54, 1.807) is 24.3 Å². The number of aryl methyl sites for hydroxylation is 1. The molecule has 1 aromatic carbocycles. The van der Waals surface area contributed by atoms with Crippen LogP contribution in [0.2, 0.25) is 0 Å². The first-order valence-electron chi connectivity index (χ1n) is 6.99. The zero-order valence-corrected chi connectivity index (χ0v) is 11.7. The minimum atomic E-state index is -1.14. The molecule has 0 saturated heterocycles. The number of rotatable bonds is 7. The summed E-state index contributed by atoms with van der Waals surface area (Å²) in [6, 6.07) is 6.61. The summed E-state index contributed by atoms with van der Waals surface area (Å²) in [5.41, 5.74) is -0.363. The predicted molar refractivity (Wildman–Crippen MR) is 78.5 cm³/mol. The highest BCUT2D eigenvalue weighted by Gasteiger charge is 2.15. The summed E-state index contributed by atoms with van der Waals surface area (Å²) < 4.78 is 1.23. The molecule has 0 aliphatic carbocycles. The van der Waals surface area contributed by atoms with E-state index in [0.717, 1.165) is 25.7 Å². The van der Waals surface area contributed by atoms with Gasteiger partial charge in [-0.1, -0.05) is 31.0 Å². The Hall–Kier alpha value is -2.21. The van der Waals surface area contributed by atoms with Crippen LogP contribution in [-0.2, 0) is 6.54 Å². The molecule has 1 aromatic heterocycles. The summed E-state index contributed by atoms with van der Waals surface area (Å²) in [7, 11) is 0. The summed E-state index contributed by atoms with van der Waals surface area (Å²) >= 11 is 0. The first-order chi connectivity index (χ1) is 10.1. The number of unbranched alkanes of at least 4 members (excludes halogenated alkanes) is 3. The van der Waals surface area contributed by atoms with Crippen LogP contribution < -0.4 is 5.56 Å². The molecule has 6 nitrogen and oxygen atoms in total. The highest BCUT2D eigenvalue weighted by Crippen LogP contribution is 2.13. The van der Waals surface area contributed by atoms with Gasteiger partial charge in [-0.25, -0.2) is 9.48 Å². The van der Waals surface area contributed by atoms with E-state index in [1.165, 1.54) is 4.68 Å². The average Bonchev–Trinajstić information content (AvgIpc) is 2.49.